The Morgan fingerprint density at radius 3 is 2.75 bits per heavy atom. The van der Waals surface area contributed by atoms with E-state index < -0.39 is 0 Å². The van der Waals surface area contributed by atoms with Gasteiger partial charge in [0.25, 0.3) is 5.56 Å². The number of nitrogens with zero attached hydrogens (tertiary/aromatic N) is 3. The van der Waals surface area contributed by atoms with E-state index in [4.69, 9.17) is 5.73 Å². The van der Waals surface area contributed by atoms with E-state index in [0.29, 0.717) is 12.2 Å². The Balaban J connectivity index is 1.78. The summed E-state index contributed by atoms with van der Waals surface area (Å²) in [5, 5.41) is 0. The van der Waals surface area contributed by atoms with Gasteiger partial charge in [0.15, 0.2) is 0 Å². The monoisotopic (exact) mass is 278 g/mol. The number of pyridine rings is 1. The van der Waals surface area contributed by atoms with E-state index in [1.165, 1.54) is 32.0 Å². The van der Waals surface area contributed by atoms with Crippen LogP contribution in [-0.4, -0.2) is 54.6 Å². The molecule has 1 fully saturated rings. The molecule has 0 unspecified atom stereocenters. The average Bonchev–Trinajstić information content (AvgIpc) is 2.42. The Labute approximate surface area is 121 Å². The third-order valence-corrected chi connectivity index (χ3v) is 4.14. The number of likely N-dealkylation sites (tertiary alicyclic amines) is 1. The summed E-state index contributed by atoms with van der Waals surface area (Å²) in [7, 11) is 4.32. The Hall–Kier alpha value is -1.33. The van der Waals surface area contributed by atoms with Crippen LogP contribution in [-0.2, 0) is 6.54 Å². The number of likely N-dealkylation sites (N-methyl/N-ethyl adjacent to an activating group) is 1. The molecule has 5 heteroatoms. The molecule has 1 saturated heterocycles. The fourth-order valence-corrected chi connectivity index (χ4v) is 2.78. The minimum atomic E-state index is 0.0203. The fourth-order valence-electron chi connectivity index (χ4n) is 2.78. The van der Waals surface area contributed by atoms with Crippen LogP contribution >= 0.6 is 0 Å². The quantitative estimate of drug-likeness (QED) is 0.861. The molecule has 2 N–H and O–H groups in total. The predicted molar refractivity (Wildman–Crippen MR) is 82.8 cm³/mol. The smallest absolute Gasteiger partial charge is 0.250 e. The second kappa shape index (κ2) is 6.90. The molecule has 0 bridgehead atoms. The first-order valence-electron chi connectivity index (χ1n) is 7.37. The van der Waals surface area contributed by atoms with Crippen molar-refractivity contribution >= 4 is 5.69 Å². The highest BCUT2D eigenvalue weighted by Crippen LogP contribution is 2.16. The van der Waals surface area contributed by atoms with Gasteiger partial charge in [-0.05, 0) is 52.0 Å². The Bertz CT molecular complexity index is 477. The second-order valence-electron chi connectivity index (χ2n) is 6.00. The van der Waals surface area contributed by atoms with Crippen molar-refractivity contribution in [3.8, 4) is 0 Å². The van der Waals surface area contributed by atoms with Crippen LogP contribution in [0.3, 0.4) is 0 Å². The van der Waals surface area contributed by atoms with Crippen LogP contribution < -0.4 is 11.3 Å². The summed E-state index contributed by atoms with van der Waals surface area (Å²) in [4.78, 5) is 16.4. The summed E-state index contributed by atoms with van der Waals surface area (Å²) in [6.45, 7) is 5.11. The first-order valence-corrected chi connectivity index (χ1v) is 7.37. The molecule has 1 aliphatic rings. The Morgan fingerprint density at radius 2 is 2.05 bits per heavy atom. The molecule has 0 aliphatic carbocycles. The van der Waals surface area contributed by atoms with Crippen LogP contribution in [0, 0.1) is 5.92 Å². The largest absolute Gasteiger partial charge is 0.398 e. The zero-order valence-corrected chi connectivity index (χ0v) is 12.6. The highest BCUT2D eigenvalue weighted by atomic mass is 16.1. The van der Waals surface area contributed by atoms with Gasteiger partial charge in [-0.2, -0.15) is 0 Å². The Kier molecular flexibility index (Phi) is 5.20. The molecule has 1 aromatic heterocycles. The van der Waals surface area contributed by atoms with Gasteiger partial charge >= 0.3 is 0 Å². The van der Waals surface area contributed by atoms with Crippen LogP contribution in [0.1, 0.15) is 12.8 Å². The van der Waals surface area contributed by atoms with E-state index in [9.17, 15) is 4.79 Å². The van der Waals surface area contributed by atoms with Gasteiger partial charge in [-0.25, -0.2) is 0 Å². The molecule has 2 rings (SSSR count). The van der Waals surface area contributed by atoms with Crippen molar-refractivity contribution < 1.29 is 0 Å². The zero-order valence-electron chi connectivity index (χ0n) is 12.6. The van der Waals surface area contributed by atoms with Gasteiger partial charge in [0, 0.05) is 37.6 Å². The number of nitrogens with two attached hydrogens (primary N) is 1. The molecule has 0 saturated carbocycles. The average molecular weight is 278 g/mol. The van der Waals surface area contributed by atoms with Gasteiger partial charge in [-0.15, -0.1) is 0 Å². The molecular formula is C15H26N4O. The number of aromatic nitrogens is 1. The highest BCUT2D eigenvalue weighted by Gasteiger charge is 2.17. The highest BCUT2D eigenvalue weighted by molar-refractivity contribution is 5.33. The molecule has 1 aromatic rings. The van der Waals surface area contributed by atoms with E-state index in [0.717, 1.165) is 19.0 Å². The molecule has 0 spiro atoms. The third kappa shape index (κ3) is 4.35. The summed E-state index contributed by atoms with van der Waals surface area (Å²) in [5.74, 6) is 0.786. The lowest BCUT2D eigenvalue weighted by atomic mass is 9.97. The number of nitrogen functional groups attached to an aromatic ring is 1. The van der Waals surface area contributed by atoms with Crippen molar-refractivity contribution in [1.82, 2.24) is 14.4 Å². The maximum absolute atomic E-state index is 11.7. The number of hydrogen-bond acceptors (Lipinski definition) is 4. The number of piperidine rings is 1. The van der Waals surface area contributed by atoms with Crippen LogP contribution in [0.5, 0.6) is 0 Å². The van der Waals surface area contributed by atoms with Crippen molar-refractivity contribution in [3.05, 3.63) is 28.7 Å². The summed E-state index contributed by atoms with van der Waals surface area (Å²) >= 11 is 0. The predicted octanol–water partition coefficient (Wildman–Crippen LogP) is 0.704. The summed E-state index contributed by atoms with van der Waals surface area (Å²) < 4.78 is 1.69. The molecule has 0 radical (unpaired) electrons. The van der Waals surface area contributed by atoms with Gasteiger partial charge in [-0.3, -0.25) is 4.79 Å². The summed E-state index contributed by atoms with van der Waals surface area (Å²) in [5.41, 5.74) is 6.38. The molecule has 1 aliphatic heterocycles. The van der Waals surface area contributed by atoms with E-state index in [-0.39, 0.29) is 5.56 Å². The first kappa shape index (κ1) is 15.1. The van der Waals surface area contributed by atoms with Gasteiger partial charge < -0.3 is 20.1 Å². The molecule has 112 valence electrons. The van der Waals surface area contributed by atoms with Crippen LogP contribution in [0.15, 0.2) is 23.1 Å². The van der Waals surface area contributed by atoms with Crippen LogP contribution in [0.2, 0.25) is 0 Å². The lowest BCUT2D eigenvalue weighted by Crippen LogP contribution is -2.37. The maximum atomic E-state index is 11.7. The van der Waals surface area contributed by atoms with Gasteiger partial charge in [0.05, 0.1) is 0 Å². The van der Waals surface area contributed by atoms with Crippen LogP contribution in [0.4, 0.5) is 5.69 Å². The van der Waals surface area contributed by atoms with Crippen molar-refractivity contribution in [2.24, 2.45) is 5.92 Å². The molecule has 20 heavy (non-hydrogen) atoms. The topological polar surface area (TPSA) is 54.5 Å². The molecule has 0 atom stereocenters. The maximum Gasteiger partial charge on any atom is 0.250 e. The van der Waals surface area contributed by atoms with Gasteiger partial charge in [0.2, 0.25) is 0 Å². The molecule has 0 aromatic carbocycles. The minimum absolute atomic E-state index is 0.0203. The first-order chi connectivity index (χ1) is 9.54. The number of hydrogen-bond donors (Lipinski definition) is 1. The lowest BCUT2D eigenvalue weighted by Gasteiger charge is -2.31. The normalized spacial score (nSPS) is 17.8. The molecule has 2 heterocycles. The van der Waals surface area contributed by atoms with Gasteiger partial charge in [-0.1, -0.05) is 0 Å². The van der Waals surface area contributed by atoms with Crippen molar-refractivity contribution in [2.45, 2.75) is 19.4 Å². The van der Waals surface area contributed by atoms with Gasteiger partial charge in [0.1, 0.15) is 0 Å². The van der Waals surface area contributed by atoms with E-state index in [1.807, 2.05) is 0 Å². The second-order valence-corrected chi connectivity index (χ2v) is 6.00. The van der Waals surface area contributed by atoms with E-state index >= 15 is 0 Å². The van der Waals surface area contributed by atoms with Crippen LogP contribution in [0.25, 0.3) is 0 Å². The standard InChI is InChI=1S/C15H26N4O/c1-17-7-5-13(6-8-17)11-18(2)9-10-19-12-14(16)3-4-15(19)20/h3-4,12-13H,5-11,16H2,1-2H3. The molecule has 0 amide bonds. The SMILES string of the molecule is CN1CCC(CN(C)CCn2cc(N)ccc2=O)CC1. The molecular weight excluding hydrogens is 252 g/mol. The summed E-state index contributed by atoms with van der Waals surface area (Å²) in [6, 6.07) is 3.19. The van der Waals surface area contributed by atoms with E-state index in [2.05, 4.69) is 23.9 Å². The lowest BCUT2D eigenvalue weighted by molar-refractivity contribution is 0.174. The Morgan fingerprint density at radius 1 is 1.35 bits per heavy atom. The van der Waals surface area contributed by atoms with Crippen molar-refractivity contribution in [2.75, 3.05) is 46.0 Å². The molecule has 5 nitrogen and oxygen atoms in total. The zero-order chi connectivity index (χ0) is 14.5. The minimum Gasteiger partial charge on any atom is -0.398 e. The summed E-state index contributed by atoms with van der Waals surface area (Å²) in [6.07, 6.45) is 4.28. The number of anilines is 1. The van der Waals surface area contributed by atoms with Crippen molar-refractivity contribution in [1.29, 1.82) is 0 Å². The van der Waals surface area contributed by atoms with Crippen molar-refractivity contribution in [3.63, 3.8) is 0 Å². The number of rotatable bonds is 5. The third-order valence-electron chi connectivity index (χ3n) is 4.14. The van der Waals surface area contributed by atoms with E-state index in [1.54, 1.807) is 16.8 Å². The fraction of sp³-hybridized carbons (Fsp3) is 0.667.